The predicted octanol–water partition coefficient (Wildman–Crippen LogP) is -0.462. The predicted molar refractivity (Wildman–Crippen MR) is 63.6 cm³/mol. The van der Waals surface area contributed by atoms with Crippen molar-refractivity contribution in [1.82, 2.24) is 10.6 Å². The van der Waals surface area contributed by atoms with Gasteiger partial charge in [-0.3, -0.25) is 9.59 Å². The van der Waals surface area contributed by atoms with Gasteiger partial charge in [0, 0.05) is 27.3 Å². The smallest absolute Gasteiger partial charge is 0.246 e. The van der Waals surface area contributed by atoms with Crippen molar-refractivity contribution < 1.29 is 19.1 Å². The van der Waals surface area contributed by atoms with Gasteiger partial charge in [0.1, 0.15) is 13.2 Å². The second-order valence-electron chi connectivity index (χ2n) is 4.58. The summed E-state index contributed by atoms with van der Waals surface area (Å²) in [6, 6.07) is 0. The fraction of sp³-hybridized carbons (Fsp3) is 0.818. The van der Waals surface area contributed by atoms with Gasteiger partial charge < -0.3 is 20.1 Å². The van der Waals surface area contributed by atoms with E-state index < -0.39 is 0 Å². The number of carbonyl (C=O) groups is 2. The van der Waals surface area contributed by atoms with Gasteiger partial charge in [-0.25, -0.2) is 0 Å². The molecule has 17 heavy (non-hydrogen) atoms. The molecule has 0 radical (unpaired) electrons. The zero-order chi connectivity index (χ0) is 13.3. The maximum atomic E-state index is 11.2. The molecule has 0 fully saturated rings. The number of nitrogens with one attached hydrogen (secondary N) is 2. The number of rotatable bonds is 8. The number of ether oxygens (including phenoxy) is 2. The molecule has 0 aromatic heterocycles. The molecule has 2 amide bonds. The first kappa shape index (κ1) is 15.9. The van der Waals surface area contributed by atoms with E-state index in [0.29, 0.717) is 13.1 Å². The van der Waals surface area contributed by atoms with Crippen LogP contribution in [-0.2, 0) is 19.1 Å². The van der Waals surface area contributed by atoms with E-state index in [1.54, 1.807) is 0 Å². The summed E-state index contributed by atoms with van der Waals surface area (Å²) in [5.74, 6) is -0.326. The minimum absolute atomic E-state index is 0.0477. The van der Waals surface area contributed by atoms with E-state index in [9.17, 15) is 9.59 Å². The quantitative estimate of drug-likeness (QED) is 0.607. The summed E-state index contributed by atoms with van der Waals surface area (Å²) >= 11 is 0. The average molecular weight is 246 g/mol. The van der Waals surface area contributed by atoms with Crippen LogP contribution >= 0.6 is 0 Å². The van der Waals surface area contributed by atoms with Crippen molar-refractivity contribution in [2.45, 2.75) is 13.8 Å². The molecule has 0 aromatic carbocycles. The zero-order valence-corrected chi connectivity index (χ0v) is 11.0. The molecule has 0 heterocycles. The molecule has 0 saturated heterocycles. The topological polar surface area (TPSA) is 76.7 Å². The molecule has 0 aliphatic rings. The summed E-state index contributed by atoms with van der Waals surface area (Å²) in [6.07, 6.45) is 0. The van der Waals surface area contributed by atoms with Gasteiger partial charge in [0.15, 0.2) is 0 Å². The average Bonchev–Trinajstić information content (AvgIpc) is 2.25. The molecule has 0 aromatic rings. The summed E-state index contributed by atoms with van der Waals surface area (Å²) in [4.78, 5) is 22.4. The van der Waals surface area contributed by atoms with Crippen molar-refractivity contribution in [2.24, 2.45) is 5.41 Å². The van der Waals surface area contributed by atoms with Gasteiger partial charge in [-0.1, -0.05) is 13.8 Å². The lowest BCUT2D eigenvalue weighted by Gasteiger charge is -2.25. The van der Waals surface area contributed by atoms with Crippen molar-refractivity contribution in [3.8, 4) is 0 Å². The van der Waals surface area contributed by atoms with Crippen LogP contribution in [0.4, 0.5) is 0 Å². The highest BCUT2D eigenvalue weighted by Crippen LogP contribution is 2.11. The molecule has 100 valence electrons. The number of carbonyl (C=O) groups excluding carboxylic acids is 2. The monoisotopic (exact) mass is 246 g/mol. The van der Waals surface area contributed by atoms with Gasteiger partial charge in [0.25, 0.3) is 0 Å². The van der Waals surface area contributed by atoms with Crippen LogP contribution in [0.5, 0.6) is 0 Å². The number of methoxy groups -OCH3 is 2. The third-order valence-corrected chi connectivity index (χ3v) is 2.08. The lowest BCUT2D eigenvalue weighted by atomic mass is 9.93. The third kappa shape index (κ3) is 8.65. The Balaban J connectivity index is 3.86. The van der Waals surface area contributed by atoms with Crippen molar-refractivity contribution in [2.75, 3.05) is 40.5 Å². The molecule has 6 heteroatoms. The molecule has 6 nitrogen and oxygen atoms in total. The molecule has 2 N–H and O–H groups in total. The van der Waals surface area contributed by atoms with E-state index in [2.05, 4.69) is 10.6 Å². The van der Waals surface area contributed by atoms with Crippen LogP contribution in [0, 0.1) is 5.41 Å². The molecule has 0 saturated carbocycles. The van der Waals surface area contributed by atoms with Crippen molar-refractivity contribution in [1.29, 1.82) is 0 Å². The number of hydrogen-bond acceptors (Lipinski definition) is 4. The normalized spacial score (nSPS) is 11.1. The largest absolute Gasteiger partial charge is 0.375 e. The van der Waals surface area contributed by atoms with Gasteiger partial charge in [-0.05, 0) is 5.41 Å². The van der Waals surface area contributed by atoms with Crippen LogP contribution < -0.4 is 10.6 Å². The lowest BCUT2D eigenvalue weighted by Crippen LogP contribution is -2.43. The second kappa shape index (κ2) is 8.03. The van der Waals surface area contributed by atoms with E-state index in [4.69, 9.17) is 9.47 Å². The van der Waals surface area contributed by atoms with Crippen LogP contribution in [0.3, 0.4) is 0 Å². The van der Waals surface area contributed by atoms with E-state index in [-0.39, 0.29) is 30.4 Å². The highest BCUT2D eigenvalue weighted by atomic mass is 16.5. The van der Waals surface area contributed by atoms with Gasteiger partial charge in [-0.15, -0.1) is 0 Å². The Morgan fingerprint density at radius 2 is 1.29 bits per heavy atom. The fourth-order valence-electron chi connectivity index (χ4n) is 1.10. The number of hydrogen-bond donors (Lipinski definition) is 2. The summed E-state index contributed by atoms with van der Waals surface area (Å²) in [7, 11) is 2.94. The van der Waals surface area contributed by atoms with Gasteiger partial charge in [-0.2, -0.15) is 0 Å². The Kier molecular flexibility index (Phi) is 7.49. The molecule has 0 atom stereocenters. The molecule has 0 aliphatic carbocycles. The molecule has 0 spiro atoms. The van der Waals surface area contributed by atoms with Crippen LogP contribution in [0.25, 0.3) is 0 Å². The van der Waals surface area contributed by atoms with Crippen molar-refractivity contribution in [3.63, 3.8) is 0 Å². The minimum atomic E-state index is -0.215. The highest BCUT2D eigenvalue weighted by molar-refractivity contribution is 5.77. The third-order valence-electron chi connectivity index (χ3n) is 2.08. The minimum Gasteiger partial charge on any atom is -0.375 e. The molecular weight excluding hydrogens is 224 g/mol. The standard InChI is InChI=1S/C11H22N2O4/c1-11(2,7-12-9(14)5-16-3)8-13-10(15)6-17-4/h5-8H2,1-4H3,(H,12,14)(H,13,15). The highest BCUT2D eigenvalue weighted by Gasteiger charge is 2.19. The van der Waals surface area contributed by atoms with Crippen LogP contribution in [0.2, 0.25) is 0 Å². The van der Waals surface area contributed by atoms with E-state index >= 15 is 0 Å². The molecule has 0 rings (SSSR count). The van der Waals surface area contributed by atoms with Crippen LogP contribution in [0.1, 0.15) is 13.8 Å². The lowest BCUT2D eigenvalue weighted by molar-refractivity contribution is -0.125. The van der Waals surface area contributed by atoms with E-state index in [0.717, 1.165) is 0 Å². The molecule has 0 bridgehead atoms. The summed E-state index contributed by atoms with van der Waals surface area (Å²) < 4.78 is 9.40. The molecule has 0 unspecified atom stereocenters. The first-order chi connectivity index (χ1) is 7.91. The van der Waals surface area contributed by atoms with E-state index in [1.165, 1.54) is 14.2 Å². The maximum absolute atomic E-state index is 11.2. The summed E-state index contributed by atoms with van der Waals surface area (Å²) in [6.45, 7) is 4.95. The Hall–Kier alpha value is -1.14. The summed E-state index contributed by atoms with van der Waals surface area (Å²) in [5, 5.41) is 5.47. The van der Waals surface area contributed by atoms with Crippen LogP contribution in [-0.4, -0.2) is 52.3 Å². The zero-order valence-electron chi connectivity index (χ0n) is 11.0. The Labute approximate surface area is 102 Å². The van der Waals surface area contributed by atoms with E-state index in [1.807, 2.05) is 13.8 Å². The molecular formula is C11H22N2O4. The maximum Gasteiger partial charge on any atom is 0.246 e. The molecule has 0 aliphatic heterocycles. The first-order valence-corrected chi connectivity index (χ1v) is 5.42. The summed E-state index contributed by atoms with van der Waals surface area (Å²) in [5.41, 5.74) is -0.215. The van der Waals surface area contributed by atoms with Gasteiger partial charge >= 0.3 is 0 Å². The second-order valence-corrected chi connectivity index (χ2v) is 4.58. The fourth-order valence-corrected chi connectivity index (χ4v) is 1.10. The van der Waals surface area contributed by atoms with Gasteiger partial charge in [0.2, 0.25) is 11.8 Å². The van der Waals surface area contributed by atoms with Gasteiger partial charge in [0.05, 0.1) is 0 Å². The Morgan fingerprint density at radius 3 is 1.59 bits per heavy atom. The Bertz CT molecular complexity index is 230. The van der Waals surface area contributed by atoms with Crippen molar-refractivity contribution in [3.05, 3.63) is 0 Å². The van der Waals surface area contributed by atoms with Crippen molar-refractivity contribution >= 4 is 11.8 Å². The SMILES string of the molecule is COCC(=O)NCC(C)(C)CNC(=O)COC. The van der Waals surface area contributed by atoms with Crippen LogP contribution in [0.15, 0.2) is 0 Å². The number of amides is 2. The first-order valence-electron chi connectivity index (χ1n) is 5.42. The Morgan fingerprint density at radius 1 is 0.941 bits per heavy atom.